The van der Waals surface area contributed by atoms with Gasteiger partial charge >= 0.3 is 0 Å². The molecule has 2 aliphatic rings. The molecular formula is C20H24ClFN4O. The van der Waals surface area contributed by atoms with Crippen LogP contribution in [0.1, 0.15) is 40.2 Å². The molecule has 144 valence electrons. The molecule has 2 aromatic rings. The summed E-state index contributed by atoms with van der Waals surface area (Å²) in [6.45, 7) is 4.19. The third-order valence-electron chi connectivity index (χ3n) is 5.11. The highest BCUT2D eigenvalue weighted by Gasteiger charge is 2.27. The van der Waals surface area contributed by atoms with E-state index in [0.29, 0.717) is 17.9 Å². The van der Waals surface area contributed by atoms with Crippen molar-refractivity contribution in [3.63, 3.8) is 0 Å². The number of aromatic nitrogens is 2. The molecule has 0 saturated heterocycles. The number of nitrogens with one attached hydrogen (secondary N) is 2. The molecule has 0 spiro atoms. The van der Waals surface area contributed by atoms with Crippen LogP contribution >= 0.6 is 12.4 Å². The zero-order valence-electron chi connectivity index (χ0n) is 15.3. The maximum atomic E-state index is 14.4. The van der Waals surface area contributed by atoms with Crippen LogP contribution in [-0.2, 0) is 12.8 Å². The molecule has 1 aromatic carbocycles. The minimum absolute atomic E-state index is 0. The minimum atomic E-state index is -0.311. The van der Waals surface area contributed by atoms with E-state index in [1.165, 1.54) is 11.6 Å². The molecule has 0 atom stereocenters. The summed E-state index contributed by atoms with van der Waals surface area (Å²) in [5, 5.41) is 10.7. The number of amides is 1. The molecule has 1 aromatic heterocycles. The van der Waals surface area contributed by atoms with Crippen LogP contribution in [-0.4, -0.2) is 35.3 Å². The van der Waals surface area contributed by atoms with E-state index < -0.39 is 0 Å². The fourth-order valence-corrected chi connectivity index (χ4v) is 3.71. The number of hydrogen-bond acceptors (Lipinski definition) is 3. The van der Waals surface area contributed by atoms with Gasteiger partial charge in [-0.05, 0) is 56.8 Å². The molecule has 1 aliphatic heterocycles. The quantitative estimate of drug-likeness (QED) is 0.789. The van der Waals surface area contributed by atoms with Crippen molar-refractivity contribution in [1.82, 2.24) is 20.4 Å². The second kappa shape index (κ2) is 8.23. The number of aryl methyl sites for hydroxylation is 1. The van der Waals surface area contributed by atoms with Crippen LogP contribution in [0.25, 0.3) is 5.69 Å². The summed E-state index contributed by atoms with van der Waals surface area (Å²) in [4.78, 5) is 12.7. The molecular weight excluding hydrogens is 367 g/mol. The van der Waals surface area contributed by atoms with Crippen molar-refractivity contribution < 1.29 is 9.18 Å². The Morgan fingerprint density at radius 3 is 2.93 bits per heavy atom. The SMILES string of the molecule is Cc1ccc(-n2nc(C(=O)NCC3=CCNCC3)c3c2CCC3)c(F)c1.Cl. The minimum Gasteiger partial charge on any atom is -0.347 e. The molecule has 0 radical (unpaired) electrons. The number of rotatable bonds is 4. The van der Waals surface area contributed by atoms with Crippen molar-refractivity contribution in [3.05, 3.63) is 58.2 Å². The van der Waals surface area contributed by atoms with E-state index in [2.05, 4.69) is 21.8 Å². The summed E-state index contributed by atoms with van der Waals surface area (Å²) < 4.78 is 16.1. The molecule has 2 heterocycles. The van der Waals surface area contributed by atoms with Gasteiger partial charge in [-0.2, -0.15) is 5.10 Å². The summed E-state index contributed by atoms with van der Waals surface area (Å²) in [5.41, 5.74) is 4.86. The zero-order chi connectivity index (χ0) is 18.1. The number of hydrogen-bond donors (Lipinski definition) is 2. The lowest BCUT2D eigenvalue weighted by Gasteiger charge is -2.14. The molecule has 0 fully saturated rings. The summed E-state index contributed by atoms with van der Waals surface area (Å²) in [7, 11) is 0. The van der Waals surface area contributed by atoms with Gasteiger partial charge in [0.05, 0.1) is 0 Å². The third-order valence-corrected chi connectivity index (χ3v) is 5.11. The first-order valence-electron chi connectivity index (χ1n) is 9.17. The summed E-state index contributed by atoms with van der Waals surface area (Å²) in [6, 6.07) is 5.10. The van der Waals surface area contributed by atoms with Gasteiger partial charge in [0.1, 0.15) is 11.5 Å². The van der Waals surface area contributed by atoms with Crippen molar-refractivity contribution >= 4 is 18.3 Å². The summed E-state index contributed by atoms with van der Waals surface area (Å²) >= 11 is 0. The van der Waals surface area contributed by atoms with Crippen LogP contribution in [0.15, 0.2) is 29.8 Å². The van der Waals surface area contributed by atoms with E-state index in [1.54, 1.807) is 10.7 Å². The predicted molar refractivity (Wildman–Crippen MR) is 105 cm³/mol. The molecule has 5 nitrogen and oxygen atoms in total. The lowest BCUT2D eigenvalue weighted by Crippen LogP contribution is -2.30. The van der Waals surface area contributed by atoms with Gasteiger partial charge in [-0.15, -0.1) is 12.4 Å². The first-order chi connectivity index (χ1) is 12.6. The van der Waals surface area contributed by atoms with Gasteiger partial charge in [0.25, 0.3) is 5.91 Å². The van der Waals surface area contributed by atoms with Crippen molar-refractivity contribution in [3.8, 4) is 5.69 Å². The number of carbonyl (C=O) groups excluding carboxylic acids is 1. The predicted octanol–water partition coefficient (Wildman–Crippen LogP) is 2.88. The second-order valence-electron chi connectivity index (χ2n) is 6.99. The van der Waals surface area contributed by atoms with Crippen LogP contribution in [0.3, 0.4) is 0 Å². The van der Waals surface area contributed by atoms with Crippen molar-refractivity contribution in [2.75, 3.05) is 19.6 Å². The summed E-state index contributed by atoms with van der Waals surface area (Å²) in [5.74, 6) is -0.483. The van der Waals surface area contributed by atoms with Crippen LogP contribution in [0.5, 0.6) is 0 Å². The Morgan fingerprint density at radius 2 is 2.19 bits per heavy atom. The Bertz CT molecular complexity index is 890. The maximum Gasteiger partial charge on any atom is 0.272 e. The number of nitrogens with zero attached hydrogens (tertiary/aromatic N) is 2. The number of halogens is 2. The molecule has 0 bridgehead atoms. The van der Waals surface area contributed by atoms with E-state index in [0.717, 1.165) is 55.6 Å². The highest BCUT2D eigenvalue weighted by molar-refractivity contribution is 5.94. The molecule has 7 heteroatoms. The smallest absolute Gasteiger partial charge is 0.272 e. The number of benzene rings is 1. The van der Waals surface area contributed by atoms with E-state index in [4.69, 9.17) is 0 Å². The largest absolute Gasteiger partial charge is 0.347 e. The Morgan fingerprint density at radius 1 is 1.33 bits per heavy atom. The molecule has 27 heavy (non-hydrogen) atoms. The van der Waals surface area contributed by atoms with Gasteiger partial charge in [0.15, 0.2) is 5.69 Å². The fourth-order valence-electron chi connectivity index (χ4n) is 3.71. The van der Waals surface area contributed by atoms with Crippen LogP contribution < -0.4 is 10.6 Å². The average Bonchev–Trinajstić information content (AvgIpc) is 3.24. The lowest BCUT2D eigenvalue weighted by atomic mass is 10.1. The number of fused-ring (bicyclic) bond motifs is 1. The average molecular weight is 391 g/mol. The topological polar surface area (TPSA) is 59.0 Å². The highest BCUT2D eigenvalue weighted by Crippen LogP contribution is 2.29. The van der Waals surface area contributed by atoms with Crippen molar-refractivity contribution in [2.45, 2.75) is 32.6 Å². The first kappa shape index (κ1) is 19.6. The van der Waals surface area contributed by atoms with Gasteiger partial charge in [0, 0.05) is 24.3 Å². The molecule has 1 aliphatic carbocycles. The van der Waals surface area contributed by atoms with Gasteiger partial charge in [-0.25, -0.2) is 9.07 Å². The fraction of sp³-hybridized carbons (Fsp3) is 0.400. The van der Waals surface area contributed by atoms with Gasteiger partial charge < -0.3 is 10.6 Å². The Balaban J connectivity index is 0.00000210. The first-order valence-corrected chi connectivity index (χ1v) is 9.17. The Labute approximate surface area is 164 Å². The normalized spacial score (nSPS) is 15.7. The number of carbonyl (C=O) groups is 1. The Hall–Kier alpha value is -2.18. The van der Waals surface area contributed by atoms with E-state index in [-0.39, 0.29) is 24.1 Å². The van der Waals surface area contributed by atoms with Crippen LogP contribution in [0.4, 0.5) is 4.39 Å². The monoisotopic (exact) mass is 390 g/mol. The maximum absolute atomic E-state index is 14.4. The van der Waals surface area contributed by atoms with Crippen molar-refractivity contribution in [2.24, 2.45) is 0 Å². The van der Waals surface area contributed by atoms with Gasteiger partial charge in [-0.1, -0.05) is 17.7 Å². The molecule has 0 saturated carbocycles. The summed E-state index contributed by atoms with van der Waals surface area (Å²) in [6.07, 6.45) is 5.67. The van der Waals surface area contributed by atoms with E-state index in [9.17, 15) is 9.18 Å². The molecule has 2 N–H and O–H groups in total. The molecule has 1 amide bonds. The van der Waals surface area contributed by atoms with Crippen LogP contribution in [0, 0.1) is 12.7 Å². The van der Waals surface area contributed by atoms with E-state index in [1.807, 2.05) is 13.0 Å². The van der Waals surface area contributed by atoms with Gasteiger partial charge in [0.2, 0.25) is 0 Å². The second-order valence-corrected chi connectivity index (χ2v) is 6.99. The lowest BCUT2D eigenvalue weighted by molar-refractivity contribution is 0.0950. The highest BCUT2D eigenvalue weighted by atomic mass is 35.5. The van der Waals surface area contributed by atoms with E-state index >= 15 is 0 Å². The zero-order valence-corrected chi connectivity index (χ0v) is 16.2. The molecule has 0 unspecified atom stereocenters. The van der Waals surface area contributed by atoms with Gasteiger partial charge in [-0.3, -0.25) is 4.79 Å². The Kier molecular flexibility index (Phi) is 5.97. The standard InChI is InChI=1S/C20H23FN4O.ClH/c1-13-5-6-18(16(21)11-13)25-17-4-2-3-15(17)19(24-25)20(26)23-12-14-7-9-22-10-8-14;/h5-7,11,22H,2-4,8-10,12H2,1H3,(H,23,26);1H. The van der Waals surface area contributed by atoms with Crippen LogP contribution in [0.2, 0.25) is 0 Å². The van der Waals surface area contributed by atoms with Crippen molar-refractivity contribution in [1.29, 1.82) is 0 Å². The third kappa shape index (κ3) is 3.92. The molecule has 4 rings (SSSR count).